The number of aromatic nitrogens is 1. The highest BCUT2D eigenvalue weighted by atomic mass is 16.5. The van der Waals surface area contributed by atoms with Crippen molar-refractivity contribution in [2.45, 2.75) is 39.5 Å². The van der Waals surface area contributed by atoms with Crippen molar-refractivity contribution in [3.63, 3.8) is 0 Å². The highest BCUT2D eigenvalue weighted by molar-refractivity contribution is 5.69. The second-order valence-corrected chi connectivity index (χ2v) is 5.55. The summed E-state index contributed by atoms with van der Waals surface area (Å²) in [6.07, 6.45) is 2.28. The summed E-state index contributed by atoms with van der Waals surface area (Å²) in [7, 11) is 1.66. The van der Waals surface area contributed by atoms with Crippen molar-refractivity contribution >= 4 is 5.97 Å². The number of likely N-dealkylation sites (N-methyl/N-ethyl adjacent to an activating group) is 1. The molecule has 0 aliphatic carbocycles. The van der Waals surface area contributed by atoms with Gasteiger partial charge in [0.25, 0.3) is 0 Å². The van der Waals surface area contributed by atoms with Crippen LogP contribution in [0.4, 0.5) is 0 Å². The number of carbonyl (C=O) groups is 1. The number of aromatic hydroxyl groups is 1. The maximum Gasteiger partial charge on any atom is 0.317 e. The molecule has 0 atom stereocenters. The van der Waals surface area contributed by atoms with Crippen molar-refractivity contribution in [3.05, 3.63) is 28.2 Å². The maximum atomic E-state index is 11.6. The molecule has 2 N–H and O–H groups in total. The maximum absolute atomic E-state index is 11.6. The Labute approximate surface area is 129 Å². The van der Waals surface area contributed by atoms with E-state index in [9.17, 15) is 14.7 Å². The molecular weight excluding hydrogens is 288 g/mol. The number of hydrogen-bond acceptors (Lipinski definition) is 5. The van der Waals surface area contributed by atoms with Crippen LogP contribution in [0.1, 0.15) is 26.0 Å². The van der Waals surface area contributed by atoms with Crippen molar-refractivity contribution in [2.24, 2.45) is 0 Å². The number of rotatable bonds is 9. The SMILES string of the molecule is CC(C)OCCCn1cc(O)c(=O)cc1CN(C)CC(=O)O. The van der Waals surface area contributed by atoms with E-state index in [0.29, 0.717) is 25.4 Å². The van der Waals surface area contributed by atoms with Crippen molar-refractivity contribution in [1.29, 1.82) is 0 Å². The van der Waals surface area contributed by atoms with Gasteiger partial charge in [0.15, 0.2) is 5.75 Å². The predicted molar refractivity (Wildman–Crippen MR) is 82.0 cm³/mol. The van der Waals surface area contributed by atoms with Crippen LogP contribution in [-0.4, -0.2) is 52.0 Å². The summed E-state index contributed by atoms with van der Waals surface area (Å²) in [5.41, 5.74) is 0.199. The Bertz CT molecular complexity index is 553. The third-order valence-electron chi connectivity index (χ3n) is 3.03. The first-order valence-corrected chi connectivity index (χ1v) is 7.24. The lowest BCUT2D eigenvalue weighted by atomic mass is 10.2. The minimum Gasteiger partial charge on any atom is -0.503 e. The quantitative estimate of drug-likeness (QED) is 0.658. The van der Waals surface area contributed by atoms with Gasteiger partial charge in [-0.1, -0.05) is 0 Å². The first-order valence-electron chi connectivity index (χ1n) is 7.24. The standard InChI is InChI=1S/C15H24N2O5/c1-11(2)22-6-4-5-17-9-14(19)13(18)7-12(17)8-16(3)10-15(20)21/h7,9,11,19H,4-6,8,10H2,1-3H3,(H,20,21). The van der Waals surface area contributed by atoms with Crippen LogP contribution < -0.4 is 5.43 Å². The summed E-state index contributed by atoms with van der Waals surface area (Å²) in [5, 5.41) is 18.4. The van der Waals surface area contributed by atoms with Crippen molar-refractivity contribution in [2.75, 3.05) is 20.2 Å². The van der Waals surface area contributed by atoms with Crippen LogP contribution in [-0.2, 0) is 22.6 Å². The Morgan fingerprint density at radius 2 is 2.14 bits per heavy atom. The summed E-state index contributed by atoms with van der Waals surface area (Å²) in [4.78, 5) is 23.9. The van der Waals surface area contributed by atoms with E-state index >= 15 is 0 Å². The molecule has 0 aromatic carbocycles. The van der Waals surface area contributed by atoms with Gasteiger partial charge >= 0.3 is 5.97 Å². The molecular formula is C15H24N2O5. The van der Waals surface area contributed by atoms with Gasteiger partial charge in [0.2, 0.25) is 5.43 Å². The lowest BCUT2D eigenvalue weighted by molar-refractivity contribution is -0.138. The highest BCUT2D eigenvalue weighted by Gasteiger charge is 2.10. The van der Waals surface area contributed by atoms with Gasteiger partial charge in [0, 0.05) is 31.5 Å². The van der Waals surface area contributed by atoms with Crippen LogP contribution in [0.3, 0.4) is 0 Å². The highest BCUT2D eigenvalue weighted by Crippen LogP contribution is 2.09. The van der Waals surface area contributed by atoms with Crippen LogP contribution in [0.15, 0.2) is 17.1 Å². The summed E-state index contributed by atoms with van der Waals surface area (Å²) in [6, 6.07) is 1.34. The fourth-order valence-corrected chi connectivity index (χ4v) is 2.06. The van der Waals surface area contributed by atoms with Crippen molar-refractivity contribution in [1.82, 2.24) is 9.47 Å². The molecule has 0 fully saturated rings. The Morgan fingerprint density at radius 1 is 1.45 bits per heavy atom. The van der Waals surface area contributed by atoms with Crippen molar-refractivity contribution < 1.29 is 19.7 Å². The number of carboxylic acids is 1. The van der Waals surface area contributed by atoms with E-state index < -0.39 is 11.4 Å². The molecule has 1 heterocycles. The van der Waals surface area contributed by atoms with E-state index in [2.05, 4.69) is 0 Å². The number of aryl methyl sites for hydroxylation is 1. The molecule has 0 radical (unpaired) electrons. The van der Waals surface area contributed by atoms with E-state index in [1.807, 2.05) is 13.8 Å². The number of ether oxygens (including phenoxy) is 1. The molecule has 0 saturated heterocycles. The summed E-state index contributed by atoms with van der Waals surface area (Å²) in [5.74, 6) is -1.24. The third-order valence-corrected chi connectivity index (χ3v) is 3.03. The Balaban J connectivity index is 2.78. The lowest BCUT2D eigenvalue weighted by Crippen LogP contribution is -2.27. The minimum atomic E-state index is -0.930. The monoisotopic (exact) mass is 312 g/mol. The predicted octanol–water partition coefficient (Wildman–Crippen LogP) is 0.885. The second-order valence-electron chi connectivity index (χ2n) is 5.55. The minimum absolute atomic E-state index is 0.120. The third kappa shape index (κ3) is 6.28. The van der Waals surface area contributed by atoms with Gasteiger partial charge in [-0.25, -0.2) is 0 Å². The molecule has 1 rings (SSSR count). The van der Waals surface area contributed by atoms with Gasteiger partial charge in [0.1, 0.15) is 0 Å². The average molecular weight is 312 g/mol. The number of carboxylic acid groups (broad SMARTS) is 1. The van der Waals surface area contributed by atoms with Gasteiger partial charge in [-0.2, -0.15) is 0 Å². The number of nitrogens with zero attached hydrogens (tertiary/aromatic N) is 2. The van der Waals surface area contributed by atoms with E-state index in [4.69, 9.17) is 9.84 Å². The lowest BCUT2D eigenvalue weighted by Gasteiger charge is -2.19. The smallest absolute Gasteiger partial charge is 0.317 e. The summed E-state index contributed by atoms with van der Waals surface area (Å²) < 4.78 is 7.23. The number of hydrogen-bond donors (Lipinski definition) is 2. The Kier molecular flexibility index (Phi) is 7.07. The van der Waals surface area contributed by atoms with Crippen LogP contribution in [0.2, 0.25) is 0 Å². The second kappa shape index (κ2) is 8.55. The molecule has 0 amide bonds. The first-order chi connectivity index (χ1) is 10.3. The van der Waals surface area contributed by atoms with E-state index in [-0.39, 0.29) is 18.4 Å². The molecule has 0 bridgehead atoms. The molecule has 124 valence electrons. The normalized spacial score (nSPS) is 11.3. The number of pyridine rings is 1. The fraction of sp³-hybridized carbons (Fsp3) is 0.600. The molecule has 1 aromatic heterocycles. The average Bonchev–Trinajstić information content (AvgIpc) is 2.38. The van der Waals surface area contributed by atoms with Gasteiger partial charge in [-0.15, -0.1) is 0 Å². The molecule has 0 aliphatic rings. The molecule has 7 heteroatoms. The van der Waals surface area contributed by atoms with E-state index in [0.717, 1.165) is 6.42 Å². The van der Waals surface area contributed by atoms with Crippen molar-refractivity contribution in [3.8, 4) is 5.75 Å². The Morgan fingerprint density at radius 3 is 2.73 bits per heavy atom. The molecule has 1 aromatic rings. The van der Waals surface area contributed by atoms with E-state index in [1.54, 1.807) is 16.5 Å². The van der Waals surface area contributed by atoms with Gasteiger partial charge in [-0.05, 0) is 27.3 Å². The molecule has 0 saturated carbocycles. The van der Waals surface area contributed by atoms with Gasteiger partial charge in [-0.3, -0.25) is 14.5 Å². The molecule has 0 unspecified atom stereocenters. The van der Waals surface area contributed by atoms with Gasteiger partial charge in [0.05, 0.1) is 18.8 Å². The van der Waals surface area contributed by atoms with Crippen LogP contribution in [0.25, 0.3) is 0 Å². The molecule has 0 spiro atoms. The number of aliphatic carboxylic acids is 1. The zero-order valence-corrected chi connectivity index (χ0v) is 13.3. The van der Waals surface area contributed by atoms with Crippen LogP contribution in [0.5, 0.6) is 5.75 Å². The van der Waals surface area contributed by atoms with Crippen LogP contribution in [0, 0.1) is 0 Å². The van der Waals surface area contributed by atoms with E-state index in [1.165, 1.54) is 12.3 Å². The largest absolute Gasteiger partial charge is 0.503 e. The first kappa shape index (κ1) is 18.2. The van der Waals surface area contributed by atoms with Crippen LogP contribution >= 0.6 is 0 Å². The fourth-order valence-electron chi connectivity index (χ4n) is 2.06. The topological polar surface area (TPSA) is 92.0 Å². The Hall–Kier alpha value is -1.86. The summed E-state index contributed by atoms with van der Waals surface area (Å²) in [6.45, 7) is 5.26. The van der Waals surface area contributed by atoms with Gasteiger partial charge < -0.3 is 19.5 Å². The zero-order valence-electron chi connectivity index (χ0n) is 13.3. The molecule has 0 aliphatic heterocycles. The molecule has 22 heavy (non-hydrogen) atoms. The zero-order chi connectivity index (χ0) is 16.7. The summed E-state index contributed by atoms with van der Waals surface area (Å²) >= 11 is 0. The molecule has 7 nitrogen and oxygen atoms in total.